The molecule has 1 saturated carbocycles. The molecule has 96 valence electrons. The van der Waals surface area contributed by atoms with Crippen LogP contribution in [0.1, 0.15) is 73.6 Å². The van der Waals surface area contributed by atoms with Crippen LogP contribution in [0.25, 0.3) is 0 Å². The molecule has 0 N–H and O–H groups in total. The Bertz CT molecular complexity index is 204. The normalized spacial score (nSPS) is 30.4. The van der Waals surface area contributed by atoms with E-state index in [1.807, 2.05) is 0 Å². The maximum Gasteiger partial charge on any atom is -0.0298 e. The van der Waals surface area contributed by atoms with Gasteiger partial charge >= 0.3 is 0 Å². The summed E-state index contributed by atoms with van der Waals surface area (Å²) in [6, 6.07) is 0. The number of rotatable bonds is 5. The van der Waals surface area contributed by atoms with E-state index in [0.29, 0.717) is 5.41 Å². The summed E-state index contributed by atoms with van der Waals surface area (Å²) in [7, 11) is 0. The van der Waals surface area contributed by atoms with E-state index in [0.717, 1.165) is 23.7 Å². The zero-order chi connectivity index (χ0) is 12.3. The average Bonchev–Trinajstić information content (AvgIpc) is 2.64. The van der Waals surface area contributed by atoms with Gasteiger partial charge < -0.3 is 0 Å². The highest BCUT2D eigenvalue weighted by molar-refractivity contribution is 4.89. The summed E-state index contributed by atoms with van der Waals surface area (Å²) < 4.78 is 0. The molecule has 1 fully saturated rings. The molecule has 4 atom stereocenters. The van der Waals surface area contributed by atoms with Gasteiger partial charge in [-0.3, -0.25) is 0 Å². The van der Waals surface area contributed by atoms with Crippen LogP contribution in [0, 0.1) is 29.1 Å². The first-order chi connectivity index (χ1) is 7.43. The molecular weight excluding hydrogens is 192 g/mol. The summed E-state index contributed by atoms with van der Waals surface area (Å²) in [6.45, 7) is 14.6. The van der Waals surface area contributed by atoms with Gasteiger partial charge in [-0.05, 0) is 41.9 Å². The van der Waals surface area contributed by atoms with E-state index in [1.54, 1.807) is 0 Å². The van der Waals surface area contributed by atoms with Gasteiger partial charge in [-0.1, -0.05) is 60.8 Å². The predicted octanol–water partition coefficient (Wildman–Crippen LogP) is 5.52. The molecule has 0 heteroatoms. The van der Waals surface area contributed by atoms with Gasteiger partial charge in [0.2, 0.25) is 0 Å². The van der Waals surface area contributed by atoms with Gasteiger partial charge in [-0.15, -0.1) is 0 Å². The van der Waals surface area contributed by atoms with Crippen molar-refractivity contribution in [3.05, 3.63) is 0 Å². The largest absolute Gasteiger partial charge is 0.0651 e. The van der Waals surface area contributed by atoms with Crippen molar-refractivity contribution >= 4 is 0 Å². The molecule has 1 aliphatic carbocycles. The van der Waals surface area contributed by atoms with Crippen molar-refractivity contribution in [1.29, 1.82) is 0 Å². The molecule has 0 saturated heterocycles. The molecule has 4 unspecified atom stereocenters. The van der Waals surface area contributed by atoms with Crippen LogP contribution in [0.4, 0.5) is 0 Å². The maximum atomic E-state index is 2.51. The molecule has 0 radical (unpaired) electrons. The van der Waals surface area contributed by atoms with Crippen molar-refractivity contribution in [3.8, 4) is 0 Å². The molecule has 1 aliphatic rings. The molecule has 0 bridgehead atoms. The number of hydrogen-bond acceptors (Lipinski definition) is 0. The molecule has 0 aliphatic heterocycles. The summed E-state index contributed by atoms with van der Waals surface area (Å²) in [5.41, 5.74) is 0.526. The summed E-state index contributed by atoms with van der Waals surface area (Å²) in [5, 5.41) is 0. The molecule has 0 nitrogen and oxygen atoms in total. The third-order valence-electron chi connectivity index (χ3n) is 5.58. The Morgan fingerprint density at radius 2 is 1.75 bits per heavy atom. The quantitative estimate of drug-likeness (QED) is 0.576. The minimum absolute atomic E-state index is 0.526. The van der Waals surface area contributed by atoms with Crippen molar-refractivity contribution in [3.63, 3.8) is 0 Å². The van der Waals surface area contributed by atoms with E-state index >= 15 is 0 Å². The zero-order valence-electron chi connectivity index (χ0n) is 12.3. The first-order valence-corrected chi connectivity index (χ1v) is 7.43. The monoisotopic (exact) mass is 224 g/mol. The van der Waals surface area contributed by atoms with Crippen LogP contribution >= 0.6 is 0 Å². The van der Waals surface area contributed by atoms with Crippen LogP contribution in [0.5, 0.6) is 0 Å². The summed E-state index contributed by atoms with van der Waals surface area (Å²) in [4.78, 5) is 0. The van der Waals surface area contributed by atoms with E-state index in [9.17, 15) is 0 Å². The Kier molecular flexibility index (Phi) is 4.88. The van der Waals surface area contributed by atoms with Crippen molar-refractivity contribution in [2.45, 2.75) is 73.6 Å². The third-order valence-corrected chi connectivity index (χ3v) is 5.58. The highest BCUT2D eigenvalue weighted by Crippen LogP contribution is 2.48. The fourth-order valence-electron chi connectivity index (χ4n) is 3.98. The third kappa shape index (κ3) is 2.81. The van der Waals surface area contributed by atoms with E-state index in [-0.39, 0.29) is 0 Å². The topological polar surface area (TPSA) is 0 Å². The van der Waals surface area contributed by atoms with Crippen LogP contribution in [-0.4, -0.2) is 0 Å². The van der Waals surface area contributed by atoms with E-state index in [1.165, 1.54) is 32.1 Å². The van der Waals surface area contributed by atoms with Gasteiger partial charge in [0, 0.05) is 0 Å². The fourth-order valence-corrected chi connectivity index (χ4v) is 3.98. The first-order valence-electron chi connectivity index (χ1n) is 7.43. The Morgan fingerprint density at radius 3 is 2.12 bits per heavy atom. The van der Waals surface area contributed by atoms with Crippen molar-refractivity contribution in [1.82, 2.24) is 0 Å². The molecule has 0 aromatic carbocycles. The molecule has 1 rings (SSSR count). The minimum atomic E-state index is 0.526. The van der Waals surface area contributed by atoms with E-state index in [2.05, 4.69) is 41.5 Å². The van der Waals surface area contributed by atoms with Crippen LogP contribution < -0.4 is 0 Å². The Labute approximate surface area is 103 Å². The second-order valence-corrected chi connectivity index (χ2v) is 6.82. The lowest BCUT2D eigenvalue weighted by atomic mass is 9.63. The van der Waals surface area contributed by atoms with Gasteiger partial charge in [0.1, 0.15) is 0 Å². The molecule has 0 aromatic rings. The van der Waals surface area contributed by atoms with Crippen LogP contribution in [0.3, 0.4) is 0 Å². The van der Waals surface area contributed by atoms with Crippen LogP contribution in [0.15, 0.2) is 0 Å². The molecule has 0 aromatic heterocycles. The Balaban J connectivity index is 2.72. The minimum Gasteiger partial charge on any atom is -0.0651 e. The van der Waals surface area contributed by atoms with Crippen molar-refractivity contribution < 1.29 is 0 Å². The molecule has 0 heterocycles. The van der Waals surface area contributed by atoms with Gasteiger partial charge in [-0.25, -0.2) is 0 Å². The maximum absolute atomic E-state index is 2.51. The Hall–Kier alpha value is 0. The van der Waals surface area contributed by atoms with Gasteiger partial charge in [0.15, 0.2) is 0 Å². The number of hydrogen-bond donors (Lipinski definition) is 0. The lowest BCUT2D eigenvalue weighted by Crippen LogP contribution is -2.34. The Morgan fingerprint density at radius 1 is 1.12 bits per heavy atom. The fraction of sp³-hybridized carbons (Fsp3) is 1.00. The highest BCUT2D eigenvalue weighted by atomic mass is 14.4. The molecule has 0 spiro atoms. The highest BCUT2D eigenvalue weighted by Gasteiger charge is 2.39. The summed E-state index contributed by atoms with van der Waals surface area (Å²) >= 11 is 0. The van der Waals surface area contributed by atoms with E-state index in [4.69, 9.17) is 0 Å². The molecular formula is C16H32. The van der Waals surface area contributed by atoms with Crippen molar-refractivity contribution in [2.24, 2.45) is 29.1 Å². The van der Waals surface area contributed by atoms with Crippen molar-refractivity contribution in [2.75, 3.05) is 0 Å². The smallest absolute Gasteiger partial charge is 0.0298 e. The van der Waals surface area contributed by atoms with Crippen LogP contribution in [-0.2, 0) is 0 Å². The zero-order valence-corrected chi connectivity index (χ0v) is 12.3. The summed E-state index contributed by atoms with van der Waals surface area (Å²) in [6.07, 6.45) is 7.14. The lowest BCUT2D eigenvalue weighted by molar-refractivity contribution is 0.0699. The van der Waals surface area contributed by atoms with Gasteiger partial charge in [0.25, 0.3) is 0 Å². The SMILES string of the molecule is CCC(C)C(C)(C)C(CC)C1CCC(C)C1. The first kappa shape index (κ1) is 14.1. The summed E-state index contributed by atoms with van der Waals surface area (Å²) in [5.74, 6) is 3.77. The van der Waals surface area contributed by atoms with Gasteiger partial charge in [-0.2, -0.15) is 0 Å². The lowest BCUT2D eigenvalue weighted by Gasteiger charge is -2.42. The molecule has 16 heavy (non-hydrogen) atoms. The second-order valence-electron chi connectivity index (χ2n) is 6.82. The standard InChI is InChI=1S/C16H32/c1-7-13(4)16(5,6)15(8-2)14-10-9-12(3)11-14/h12-15H,7-11H2,1-6H3. The predicted molar refractivity (Wildman–Crippen MR) is 73.5 cm³/mol. The second kappa shape index (κ2) is 5.56. The average molecular weight is 224 g/mol. The van der Waals surface area contributed by atoms with E-state index < -0.39 is 0 Å². The van der Waals surface area contributed by atoms with Gasteiger partial charge in [0.05, 0.1) is 0 Å². The molecule has 0 amide bonds. The van der Waals surface area contributed by atoms with Crippen LogP contribution in [0.2, 0.25) is 0 Å².